The molecule has 1 aliphatic carbocycles. The van der Waals surface area contributed by atoms with Crippen LogP contribution >= 0.6 is 0 Å². The van der Waals surface area contributed by atoms with E-state index in [4.69, 9.17) is 11.3 Å². The summed E-state index contributed by atoms with van der Waals surface area (Å²) in [4.78, 5) is 23.6. The van der Waals surface area contributed by atoms with Gasteiger partial charge in [-0.1, -0.05) is 37.1 Å². The van der Waals surface area contributed by atoms with Crippen molar-refractivity contribution in [2.45, 2.75) is 51.2 Å². The molecule has 38 heavy (non-hydrogen) atoms. The van der Waals surface area contributed by atoms with Gasteiger partial charge in [-0.25, -0.2) is 9.83 Å². The molecule has 4 aromatic rings. The summed E-state index contributed by atoms with van der Waals surface area (Å²) in [5.74, 6) is 2.15. The molecule has 190 valence electrons. The molecule has 0 spiro atoms. The van der Waals surface area contributed by atoms with E-state index in [9.17, 15) is 4.79 Å². The number of rotatable bonds is 3. The molecule has 1 saturated heterocycles. The standard InChI is InChI=1S/C31H29N5O2/c1-32-27-10-5-21-14-30(27)38-24-8-9-25-22(6-4-20-2-3-20)7-11-29(26(25)15-24)36-13-12-28(31(36)37)34-17-23-16-33-19-35(23)18-21/h5,7-11,14-16,19-20,28,34H,2-4,6,12-13,17-18H2/t28-/m0/s1. The zero-order valence-corrected chi connectivity index (χ0v) is 21.2. The van der Waals surface area contributed by atoms with Crippen LogP contribution in [0.3, 0.4) is 0 Å². The first kappa shape index (κ1) is 23.0. The number of fused-ring (bicyclic) bond motifs is 7. The first-order valence-electron chi connectivity index (χ1n) is 13.4. The number of anilines is 1. The van der Waals surface area contributed by atoms with Gasteiger partial charge in [-0.2, -0.15) is 0 Å². The molecular weight excluding hydrogens is 474 g/mol. The minimum absolute atomic E-state index is 0.0991. The summed E-state index contributed by atoms with van der Waals surface area (Å²) in [5, 5.41) is 5.68. The third kappa shape index (κ3) is 4.21. The summed E-state index contributed by atoms with van der Waals surface area (Å²) in [6, 6.07) is 16.0. The van der Waals surface area contributed by atoms with Gasteiger partial charge in [0.2, 0.25) is 11.6 Å². The molecule has 3 heterocycles. The molecule has 1 N–H and O–H groups in total. The molecule has 2 aliphatic heterocycles. The Morgan fingerprint density at radius 3 is 2.87 bits per heavy atom. The average molecular weight is 504 g/mol. The lowest BCUT2D eigenvalue weighted by atomic mass is 9.97. The van der Waals surface area contributed by atoms with E-state index in [0.717, 1.165) is 41.1 Å². The van der Waals surface area contributed by atoms with Crippen molar-refractivity contribution < 1.29 is 9.53 Å². The van der Waals surface area contributed by atoms with E-state index in [1.807, 2.05) is 41.4 Å². The maximum absolute atomic E-state index is 13.6. The van der Waals surface area contributed by atoms with Gasteiger partial charge in [0.15, 0.2) is 0 Å². The van der Waals surface area contributed by atoms with Crippen molar-refractivity contribution in [2.24, 2.45) is 5.92 Å². The molecular formula is C31H29N5O2. The monoisotopic (exact) mass is 503 g/mol. The number of hydrogen-bond donors (Lipinski definition) is 1. The van der Waals surface area contributed by atoms with E-state index in [-0.39, 0.29) is 11.9 Å². The number of nitrogens with one attached hydrogen (secondary N) is 1. The highest BCUT2D eigenvalue weighted by molar-refractivity contribution is 6.08. The summed E-state index contributed by atoms with van der Waals surface area (Å²) >= 11 is 0. The number of carbonyl (C=O) groups is 1. The van der Waals surface area contributed by atoms with E-state index in [1.54, 1.807) is 6.33 Å². The Hall–Kier alpha value is -4.15. The molecule has 1 atom stereocenters. The second-order valence-corrected chi connectivity index (χ2v) is 10.7. The van der Waals surface area contributed by atoms with Gasteiger partial charge in [0.25, 0.3) is 0 Å². The summed E-state index contributed by atoms with van der Waals surface area (Å²) in [5.41, 5.74) is 4.73. The van der Waals surface area contributed by atoms with Gasteiger partial charge in [-0.3, -0.25) is 4.79 Å². The highest BCUT2D eigenvalue weighted by atomic mass is 16.5. The van der Waals surface area contributed by atoms with Gasteiger partial charge >= 0.3 is 0 Å². The molecule has 2 fully saturated rings. The average Bonchev–Trinajstić information content (AvgIpc) is 3.55. The maximum atomic E-state index is 13.6. The zero-order chi connectivity index (χ0) is 25.6. The Morgan fingerprint density at radius 2 is 2.00 bits per heavy atom. The van der Waals surface area contributed by atoms with Crippen LogP contribution in [0.25, 0.3) is 15.6 Å². The topological polar surface area (TPSA) is 63.8 Å². The highest BCUT2D eigenvalue weighted by Gasteiger charge is 2.33. The molecule has 0 radical (unpaired) electrons. The van der Waals surface area contributed by atoms with Crippen molar-refractivity contribution in [1.82, 2.24) is 14.9 Å². The number of nitrogens with zero attached hydrogens (tertiary/aromatic N) is 4. The van der Waals surface area contributed by atoms with Crippen LogP contribution in [-0.4, -0.2) is 28.0 Å². The molecule has 3 aromatic carbocycles. The molecule has 1 aromatic heterocycles. The smallest absolute Gasteiger partial charge is 0.244 e. The second kappa shape index (κ2) is 9.30. The first-order chi connectivity index (χ1) is 18.7. The minimum atomic E-state index is -0.236. The zero-order valence-electron chi connectivity index (χ0n) is 21.2. The number of aromatic nitrogens is 2. The van der Waals surface area contributed by atoms with Gasteiger partial charge in [0, 0.05) is 31.2 Å². The maximum Gasteiger partial charge on any atom is 0.244 e. The SMILES string of the molecule is [C-]#[N+]c1ccc2cc1Oc1ccc3c(CCC4CC4)ccc(c3c1)N1CC[C@H](NCc3cncn3C2)C1=O. The van der Waals surface area contributed by atoms with Crippen LogP contribution in [0.2, 0.25) is 0 Å². The Bertz CT molecular complexity index is 1600. The van der Waals surface area contributed by atoms with Crippen molar-refractivity contribution in [2.75, 3.05) is 11.4 Å². The lowest BCUT2D eigenvalue weighted by Crippen LogP contribution is -2.38. The van der Waals surface area contributed by atoms with E-state index >= 15 is 0 Å². The summed E-state index contributed by atoms with van der Waals surface area (Å²) in [6.07, 6.45) is 9.33. The second-order valence-electron chi connectivity index (χ2n) is 10.7. The van der Waals surface area contributed by atoms with E-state index < -0.39 is 0 Å². The normalized spacial score (nSPS) is 18.9. The Morgan fingerprint density at radius 1 is 1.08 bits per heavy atom. The van der Waals surface area contributed by atoms with Crippen molar-refractivity contribution in [3.8, 4) is 11.5 Å². The van der Waals surface area contributed by atoms with Gasteiger partial charge in [0.1, 0.15) is 11.5 Å². The van der Waals surface area contributed by atoms with E-state index in [2.05, 4.69) is 37.9 Å². The molecule has 3 aliphatic rings. The lowest BCUT2D eigenvalue weighted by Gasteiger charge is -2.22. The molecule has 0 unspecified atom stereocenters. The van der Waals surface area contributed by atoms with Crippen LogP contribution in [0.15, 0.2) is 61.1 Å². The Labute approximate surface area is 221 Å². The predicted octanol–water partition coefficient (Wildman–Crippen LogP) is 5.98. The van der Waals surface area contributed by atoms with Gasteiger partial charge < -0.3 is 19.5 Å². The van der Waals surface area contributed by atoms with Gasteiger partial charge in [-0.05, 0) is 66.0 Å². The molecule has 7 heteroatoms. The van der Waals surface area contributed by atoms with Crippen molar-refractivity contribution in [3.05, 3.63) is 89.3 Å². The van der Waals surface area contributed by atoms with Crippen LogP contribution in [0, 0.1) is 12.5 Å². The number of amides is 1. The molecule has 1 saturated carbocycles. The van der Waals surface area contributed by atoms with Crippen LogP contribution in [0.1, 0.15) is 42.5 Å². The Kier molecular flexibility index (Phi) is 5.63. The van der Waals surface area contributed by atoms with Crippen LogP contribution in [0.5, 0.6) is 11.5 Å². The van der Waals surface area contributed by atoms with E-state index in [1.165, 1.54) is 30.2 Å². The van der Waals surface area contributed by atoms with Gasteiger partial charge in [-0.15, -0.1) is 0 Å². The van der Waals surface area contributed by atoms with Crippen LogP contribution in [-0.2, 0) is 24.3 Å². The number of carbonyl (C=O) groups excluding carboxylic acids is 1. The molecule has 7 nitrogen and oxygen atoms in total. The quantitative estimate of drug-likeness (QED) is 0.350. The fourth-order valence-corrected chi connectivity index (χ4v) is 5.79. The van der Waals surface area contributed by atoms with Crippen molar-refractivity contribution in [3.63, 3.8) is 0 Å². The van der Waals surface area contributed by atoms with Crippen LogP contribution in [0.4, 0.5) is 11.4 Å². The minimum Gasteiger partial charge on any atom is -0.468 e. The number of hydrogen-bond acceptors (Lipinski definition) is 4. The summed E-state index contributed by atoms with van der Waals surface area (Å²) < 4.78 is 8.44. The largest absolute Gasteiger partial charge is 0.468 e. The van der Waals surface area contributed by atoms with Gasteiger partial charge in [0.05, 0.1) is 30.3 Å². The highest BCUT2D eigenvalue weighted by Crippen LogP contribution is 2.40. The van der Waals surface area contributed by atoms with Crippen molar-refractivity contribution >= 4 is 28.1 Å². The predicted molar refractivity (Wildman–Crippen MR) is 147 cm³/mol. The summed E-state index contributed by atoms with van der Waals surface area (Å²) in [7, 11) is 0. The van der Waals surface area contributed by atoms with Crippen molar-refractivity contribution in [1.29, 1.82) is 0 Å². The first-order valence-corrected chi connectivity index (χ1v) is 13.4. The lowest BCUT2D eigenvalue weighted by molar-refractivity contribution is -0.118. The number of benzene rings is 3. The van der Waals surface area contributed by atoms with E-state index in [0.29, 0.717) is 36.8 Å². The fourth-order valence-electron chi connectivity index (χ4n) is 5.79. The number of ether oxygens (including phenoxy) is 1. The third-order valence-corrected chi connectivity index (χ3v) is 8.12. The summed E-state index contributed by atoms with van der Waals surface area (Å²) in [6.45, 7) is 9.50. The molecule has 7 rings (SSSR count). The van der Waals surface area contributed by atoms with Crippen LogP contribution < -0.4 is 15.0 Å². The fraction of sp³-hybridized carbons (Fsp3) is 0.323. The third-order valence-electron chi connectivity index (χ3n) is 8.12. The molecule has 1 amide bonds. The Balaban J connectivity index is 1.36. The number of imidazole rings is 1. The molecule has 6 bridgehead atoms. The number of aryl methyl sites for hydroxylation is 1.